The maximum absolute atomic E-state index is 12.3. The summed E-state index contributed by atoms with van der Waals surface area (Å²) in [6.45, 7) is 1.39. The topological polar surface area (TPSA) is 75.6 Å². The summed E-state index contributed by atoms with van der Waals surface area (Å²) in [7, 11) is 0. The van der Waals surface area contributed by atoms with Crippen molar-refractivity contribution in [1.29, 1.82) is 0 Å². The number of benzene rings is 1. The molecule has 0 aliphatic heterocycles. The summed E-state index contributed by atoms with van der Waals surface area (Å²) in [6, 6.07) is 3.77. The number of carboxylic acids is 1. The smallest absolute Gasteiger partial charge is 0.416 e. The van der Waals surface area contributed by atoms with Crippen molar-refractivity contribution >= 4 is 11.9 Å². The van der Waals surface area contributed by atoms with Crippen LogP contribution in [0.15, 0.2) is 24.3 Å². The lowest BCUT2D eigenvalue weighted by molar-refractivity contribution is -0.149. The highest BCUT2D eigenvalue weighted by Crippen LogP contribution is 2.28. The molecule has 8 heteroatoms. The third kappa shape index (κ3) is 5.42. The van der Waals surface area contributed by atoms with Gasteiger partial charge in [0.25, 0.3) is 5.91 Å². The van der Waals surface area contributed by atoms with E-state index in [1.54, 1.807) is 0 Å². The molecule has 0 bridgehead atoms. The second-order valence-corrected chi connectivity index (χ2v) is 4.18. The molecule has 0 aliphatic carbocycles. The number of rotatable bonds is 6. The lowest BCUT2D eigenvalue weighted by Gasteiger charge is -2.10. The zero-order valence-corrected chi connectivity index (χ0v) is 11.1. The van der Waals surface area contributed by atoms with Crippen LogP contribution in [0.2, 0.25) is 0 Å². The highest BCUT2D eigenvalue weighted by molar-refractivity contribution is 5.94. The fraction of sp³-hybridized carbons (Fsp3) is 0.385. The Morgan fingerprint density at radius 2 is 1.86 bits per heavy atom. The van der Waals surface area contributed by atoms with Gasteiger partial charge in [-0.15, -0.1) is 0 Å². The molecule has 116 valence electrons. The molecule has 1 amide bonds. The molecular weight excluding hydrogens is 291 g/mol. The molecule has 0 radical (unpaired) electrons. The van der Waals surface area contributed by atoms with Gasteiger partial charge < -0.3 is 15.2 Å². The number of ether oxygens (including phenoxy) is 1. The van der Waals surface area contributed by atoms with Gasteiger partial charge in [0, 0.05) is 12.1 Å². The van der Waals surface area contributed by atoms with E-state index in [9.17, 15) is 22.8 Å². The van der Waals surface area contributed by atoms with Crippen molar-refractivity contribution in [3.05, 3.63) is 35.4 Å². The molecule has 0 heterocycles. The molecule has 0 fully saturated rings. The molecule has 21 heavy (non-hydrogen) atoms. The molecule has 1 unspecified atom stereocenters. The van der Waals surface area contributed by atoms with Gasteiger partial charge in [-0.05, 0) is 31.2 Å². The fourth-order valence-electron chi connectivity index (χ4n) is 1.38. The first-order chi connectivity index (χ1) is 9.71. The van der Waals surface area contributed by atoms with Crippen molar-refractivity contribution in [3.63, 3.8) is 0 Å². The monoisotopic (exact) mass is 305 g/mol. The number of carbonyl (C=O) groups is 2. The Morgan fingerprint density at radius 3 is 2.33 bits per heavy atom. The van der Waals surface area contributed by atoms with E-state index in [0.717, 1.165) is 24.3 Å². The van der Waals surface area contributed by atoms with Gasteiger partial charge in [0.05, 0.1) is 12.2 Å². The molecule has 0 aromatic heterocycles. The Hall–Kier alpha value is -2.09. The quantitative estimate of drug-likeness (QED) is 0.787. The minimum Gasteiger partial charge on any atom is -0.479 e. The number of aliphatic carboxylic acids is 1. The Balaban J connectivity index is 2.44. The van der Waals surface area contributed by atoms with Crippen molar-refractivity contribution in [2.45, 2.75) is 19.2 Å². The summed E-state index contributed by atoms with van der Waals surface area (Å²) in [4.78, 5) is 22.1. The molecular formula is C13H14F3NO4. The molecule has 0 saturated carbocycles. The maximum Gasteiger partial charge on any atom is 0.416 e. The van der Waals surface area contributed by atoms with E-state index < -0.39 is 29.7 Å². The fourth-order valence-corrected chi connectivity index (χ4v) is 1.38. The molecule has 1 aromatic carbocycles. The van der Waals surface area contributed by atoms with Gasteiger partial charge in [-0.2, -0.15) is 13.2 Å². The average molecular weight is 305 g/mol. The number of amides is 1. The largest absolute Gasteiger partial charge is 0.479 e. The predicted octanol–water partition coefficient (Wildman–Crippen LogP) is 1.92. The van der Waals surface area contributed by atoms with Crippen molar-refractivity contribution in [1.82, 2.24) is 5.32 Å². The van der Waals surface area contributed by atoms with Crippen LogP contribution >= 0.6 is 0 Å². The third-order valence-corrected chi connectivity index (χ3v) is 2.58. The summed E-state index contributed by atoms with van der Waals surface area (Å²) in [5.74, 6) is -1.68. The van der Waals surface area contributed by atoms with E-state index in [2.05, 4.69) is 5.32 Å². The minimum absolute atomic E-state index is 0.0140. The zero-order valence-electron chi connectivity index (χ0n) is 11.1. The number of carboxylic acid groups (broad SMARTS) is 1. The van der Waals surface area contributed by atoms with E-state index in [-0.39, 0.29) is 18.7 Å². The summed E-state index contributed by atoms with van der Waals surface area (Å²) < 4.78 is 41.9. The van der Waals surface area contributed by atoms with Gasteiger partial charge in [0.1, 0.15) is 0 Å². The van der Waals surface area contributed by atoms with E-state index in [0.29, 0.717) is 0 Å². The van der Waals surface area contributed by atoms with E-state index in [1.165, 1.54) is 6.92 Å². The first-order valence-electron chi connectivity index (χ1n) is 6.01. The standard InChI is InChI=1S/C13H14F3NO4/c1-8(12(19)20)21-7-6-17-11(18)9-2-4-10(5-3-9)13(14,15)16/h2-5,8H,6-7H2,1H3,(H,17,18)(H,19,20). The third-order valence-electron chi connectivity index (χ3n) is 2.58. The Morgan fingerprint density at radius 1 is 1.29 bits per heavy atom. The molecule has 0 spiro atoms. The molecule has 0 saturated heterocycles. The van der Waals surface area contributed by atoms with Gasteiger partial charge in [-0.3, -0.25) is 4.79 Å². The predicted molar refractivity (Wildman–Crippen MR) is 66.8 cm³/mol. The first-order valence-corrected chi connectivity index (χ1v) is 6.01. The number of carbonyl (C=O) groups excluding carboxylic acids is 1. The van der Waals surface area contributed by atoms with Gasteiger partial charge >= 0.3 is 12.1 Å². The van der Waals surface area contributed by atoms with Crippen molar-refractivity contribution in [2.24, 2.45) is 0 Å². The summed E-state index contributed by atoms with van der Waals surface area (Å²) in [6.07, 6.45) is -5.44. The van der Waals surface area contributed by atoms with Crippen LogP contribution in [0.3, 0.4) is 0 Å². The Labute approximate surface area is 118 Å². The normalized spacial score (nSPS) is 12.8. The van der Waals surface area contributed by atoms with Crippen LogP contribution < -0.4 is 5.32 Å². The van der Waals surface area contributed by atoms with Gasteiger partial charge in [-0.1, -0.05) is 0 Å². The van der Waals surface area contributed by atoms with Crippen LogP contribution in [0.1, 0.15) is 22.8 Å². The van der Waals surface area contributed by atoms with E-state index in [1.807, 2.05) is 0 Å². The molecule has 2 N–H and O–H groups in total. The van der Waals surface area contributed by atoms with Crippen LogP contribution in [0.25, 0.3) is 0 Å². The van der Waals surface area contributed by atoms with Crippen LogP contribution in [0, 0.1) is 0 Å². The lowest BCUT2D eigenvalue weighted by Crippen LogP contribution is -2.30. The van der Waals surface area contributed by atoms with Crippen molar-refractivity contribution in [2.75, 3.05) is 13.2 Å². The molecule has 1 aromatic rings. The van der Waals surface area contributed by atoms with Gasteiger partial charge in [0.15, 0.2) is 6.10 Å². The second kappa shape index (κ2) is 7.07. The number of alkyl halides is 3. The zero-order chi connectivity index (χ0) is 16.0. The van der Waals surface area contributed by atoms with Crippen LogP contribution in [-0.4, -0.2) is 36.2 Å². The SMILES string of the molecule is CC(OCCNC(=O)c1ccc(C(F)(F)F)cc1)C(=O)O. The number of hydrogen-bond acceptors (Lipinski definition) is 3. The average Bonchev–Trinajstić information content (AvgIpc) is 2.42. The summed E-state index contributed by atoms with van der Waals surface area (Å²) in [5, 5.41) is 11.0. The Kier molecular flexibility index (Phi) is 5.71. The number of nitrogens with one attached hydrogen (secondary N) is 1. The lowest BCUT2D eigenvalue weighted by atomic mass is 10.1. The highest BCUT2D eigenvalue weighted by Gasteiger charge is 2.30. The van der Waals surface area contributed by atoms with E-state index >= 15 is 0 Å². The minimum atomic E-state index is -4.45. The molecule has 0 aliphatic rings. The second-order valence-electron chi connectivity index (χ2n) is 4.18. The number of halogens is 3. The van der Waals surface area contributed by atoms with Crippen LogP contribution in [0.5, 0.6) is 0 Å². The number of hydrogen-bond donors (Lipinski definition) is 2. The van der Waals surface area contributed by atoms with Crippen LogP contribution in [0.4, 0.5) is 13.2 Å². The molecule has 1 atom stereocenters. The summed E-state index contributed by atoms with van der Waals surface area (Å²) in [5.41, 5.74) is -0.757. The Bertz CT molecular complexity index is 499. The van der Waals surface area contributed by atoms with Gasteiger partial charge in [-0.25, -0.2) is 4.79 Å². The van der Waals surface area contributed by atoms with Gasteiger partial charge in [0.2, 0.25) is 0 Å². The van der Waals surface area contributed by atoms with Crippen LogP contribution in [-0.2, 0) is 15.7 Å². The highest BCUT2D eigenvalue weighted by atomic mass is 19.4. The van der Waals surface area contributed by atoms with Crippen molar-refractivity contribution in [3.8, 4) is 0 Å². The van der Waals surface area contributed by atoms with Crippen molar-refractivity contribution < 1.29 is 32.6 Å². The maximum atomic E-state index is 12.3. The molecule has 1 rings (SSSR count). The van der Waals surface area contributed by atoms with E-state index in [4.69, 9.17) is 9.84 Å². The first kappa shape index (κ1) is 17.0. The summed E-state index contributed by atoms with van der Waals surface area (Å²) >= 11 is 0. The molecule has 5 nitrogen and oxygen atoms in total.